The Balaban J connectivity index is 1.82. The summed E-state index contributed by atoms with van der Waals surface area (Å²) in [6.45, 7) is 4.04. The first kappa shape index (κ1) is 15.3. The summed E-state index contributed by atoms with van der Waals surface area (Å²) < 4.78 is 13.3. The second kappa shape index (κ2) is 5.91. The van der Waals surface area contributed by atoms with Crippen LogP contribution in [0.5, 0.6) is 0 Å². The number of hydrogen-bond donors (Lipinski definition) is 0. The van der Waals surface area contributed by atoms with E-state index in [9.17, 15) is 14.0 Å². The third kappa shape index (κ3) is 2.60. The second-order valence-corrected chi connectivity index (χ2v) is 6.81. The normalized spacial score (nSPS) is 24.3. The van der Waals surface area contributed by atoms with Gasteiger partial charge in [0, 0.05) is 19.2 Å². The third-order valence-corrected chi connectivity index (χ3v) is 5.51. The van der Waals surface area contributed by atoms with Crippen LogP contribution in [0.15, 0.2) is 18.2 Å². The predicted octanol–water partition coefficient (Wildman–Crippen LogP) is 2.19. The van der Waals surface area contributed by atoms with Crippen LogP contribution in [0.25, 0.3) is 0 Å². The van der Waals surface area contributed by atoms with E-state index in [4.69, 9.17) is 0 Å². The number of thioether (sulfide) groups is 1. The summed E-state index contributed by atoms with van der Waals surface area (Å²) in [6, 6.07) is 4.31. The van der Waals surface area contributed by atoms with E-state index in [0.29, 0.717) is 24.6 Å². The van der Waals surface area contributed by atoms with Gasteiger partial charge in [0.1, 0.15) is 11.9 Å². The van der Waals surface area contributed by atoms with Crippen molar-refractivity contribution in [3.8, 4) is 0 Å². The molecule has 2 heterocycles. The first-order valence-corrected chi connectivity index (χ1v) is 8.58. The van der Waals surface area contributed by atoms with Gasteiger partial charge in [-0.1, -0.05) is 6.07 Å². The molecule has 2 atom stereocenters. The molecule has 2 aliphatic rings. The fourth-order valence-corrected chi connectivity index (χ4v) is 4.46. The van der Waals surface area contributed by atoms with Crippen LogP contribution in [0, 0.1) is 5.82 Å². The van der Waals surface area contributed by atoms with Gasteiger partial charge in [0.2, 0.25) is 11.8 Å². The molecule has 0 spiro atoms. The summed E-state index contributed by atoms with van der Waals surface area (Å²) in [6.07, 6.45) is 0.656. The third-order valence-electron chi connectivity index (χ3n) is 4.50. The Morgan fingerprint density at radius 2 is 2.09 bits per heavy atom. The Morgan fingerprint density at radius 1 is 1.32 bits per heavy atom. The van der Waals surface area contributed by atoms with Crippen LogP contribution in [0.4, 0.5) is 4.39 Å². The molecule has 0 radical (unpaired) electrons. The monoisotopic (exact) mass is 322 g/mol. The van der Waals surface area contributed by atoms with E-state index in [2.05, 4.69) is 0 Å². The van der Waals surface area contributed by atoms with E-state index >= 15 is 0 Å². The Kier molecular flexibility index (Phi) is 4.12. The number of carbonyl (C=O) groups is 2. The van der Waals surface area contributed by atoms with Crippen molar-refractivity contribution in [1.82, 2.24) is 9.80 Å². The molecule has 22 heavy (non-hydrogen) atoms. The Morgan fingerprint density at radius 3 is 2.82 bits per heavy atom. The van der Waals surface area contributed by atoms with Gasteiger partial charge in [-0.05, 0) is 36.6 Å². The van der Waals surface area contributed by atoms with E-state index < -0.39 is 0 Å². The molecule has 2 aliphatic heterocycles. The van der Waals surface area contributed by atoms with Gasteiger partial charge in [0.25, 0.3) is 0 Å². The zero-order chi connectivity index (χ0) is 15.9. The molecular formula is C16H19FN2O2S. The largest absolute Gasteiger partial charge is 0.334 e. The smallest absolute Gasteiger partial charge is 0.246 e. The van der Waals surface area contributed by atoms with E-state index in [1.165, 1.54) is 13.0 Å². The summed E-state index contributed by atoms with van der Waals surface area (Å²) in [5.74, 6) is 0.937. The molecule has 3 rings (SSSR count). The molecule has 0 bridgehead atoms. The number of amides is 2. The highest BCUT2D eigenvalue weighted by atomic mass is 32.2. The molecule has 1 fully saturated rings. The van der Waals surface area contributed by atoms with E-state index in [-0.39, 0.29) is 29.7 Å². The van der Waals surface area contributed by atoms with Crippen molar-refractivity contribution < 1.29 is 14.0 Å². The molecule has 1 saturated heterocycles. The van der Waals surface area contributed by atoms with Crippen molar-refractivity contribution >= 4 is 23.6 Å². The van der Waals surface area contributed by atoms with Gasteiger partial charge < -0.3 is 9.80 Å². The van der Waals surface area contributed by atoms with Crippen LogP contribution in [0.1, 0.15) is 31.0 Å². The Hall–Kier alpha value is -1.56. The highest BCUT2D eigenvalue weighted by Crippen LogP contribution is 2.32. The van der Waals surface area contributed by atoms with Gasteiger partial charge in [0.05, 0.1) is 11.9 Å². The summed E-state index contributed by atoms with van der Waals surface area (Å²) in [5, 5.41) is 0. The number of fused-ring (bicyclic) bond motifs is 1. The highest BCUT2D eigenvalue weighted by Gasteiger charge is 2.38. The second-order valence-electron chi connectivity index (χ2n) is 5.81. The van der Waals surface area contributed by atoms with Crippen LogP contribution in [0.2, 0.25) is 0 Å². The van der Waals surface area contributed by atoms with Crippen molar-refractivity contribution in [2.45, 2.75) is 32.4 Å². The van der Waals surface area contributed by atoms with Gasteiger partial charge in [-0.25, -0.2) is 4.39 Å². The number of benzene rings is 1. The SMILES string of the molecule is CC(=O)N1CSC[C@H]1C(=O)N1CCc2cc(F)ccc2[C@H]1C. The number of halogens is 1. The van der Waals surface area contributed by atoms with Gasteiger partial charge in [-0.3, -0.25) is 9.59 Å². The van der Waals surface area contributed by atoms with Gasteiger partial charge in [0.15, 0.2) is 0 Å². The average Bonchev–Trinajstić information content (AvgIpc) is 2.96. The molecule has 0 saturated carbocycles. The minimum Gasteiger partial charge on any atom is -0.334 e. The Bertz CT molecular complexity index is 622. The minimum absolute atomic E-state index is 0.00248. The molecular weight excluding hydrogens is 303 g/mol. The lowest BCUT2D eigenvalue weighted by molar-refractivity contribution is -0.144. The number of carbonyl (C=O) groups excluding carboxylic acids is 2. The molecule has 4 nitrogen and oxygen atoms in total. The first-order valence-electron chi connectivity index (χ1n) is 7.43. The molecule has 0 unspecified atom stereocenters. The summed E-state index contributed by atoms with van der Waals surface area (Å²) in [4.78, 5) is 28.0. The maximum Gasteiger partial charge on any atom is 0.246 e. The van der Waals surface area contributed by atoms with Crippen LogP contribution in [0.3, 0.4) is 0 Å². The maximum absolute atomic E-state index is 13.3. The lowest BCUT2D eigenvalue weighted by Gasteiger charge is -2.38. The molecule has 0 aliphatic carbocycles. The molecule has 0 N–H and O–H groups in total. The van der Waals surface area contributed by atoms with Crippen molar-refractivity contribution in [3.05, 3.63) is 35.1 Å². The average molecular weight is 322 g/mol. The molecule has 118 valence electrons. The van der Waals surface area contributed by atoms with Crippen molar-refractivity contribution in [1.29, 1.82) is 0 Å². The molecule has 2 amide bonds. The number of rotatable bonds is 1. The Labute approximate surface area is 133 Å². The number of nitrogens with zero attached hydrogens (tertiary/aromatic N) is 2. The topological polar surface area (TPSA) is 40.6 Å². The highest BCUT2D eigenvalue weighted by molar-refractivity contribution is 7.99. The van der Waals surface area contributed by atoms with Crippen LogP contribution in [-0.4, -0.2) is 45.8 Å². The molecule has 0 aromatic heterocycles. The lowest BCUT2D eigenvalue weighted by Crippen LogP contribution is -2.50. The van der Waals surface area contributed by atoms with Crippen molar-refractivity contribution in [2.75, 3.05) is 18.2 Å². The zero-order valence-corrected chi connectivity index (χ0v) is 13.5. The minimum atomic E-state index is -0.369. The van der Waals surface area contributed by atoms with Crippen molar-refractivity contribution in [3.63, 3.8) is 0 Å². The van der Waals surface area contributed by atoms with Gasteiger partial charge in [-0.2, -0.15) is 0 Å². The summed E-state index contributed by atoms with van der Waals surface area (Å²) in [5.41, 5.74) is 1.97. The first-order chi connectivity index (χ1) is 10.5. The fraction of sp³-hybridized carbons (Fsp3) is 0.500. The van der Waals surface area contributed by atoms with Crippen molar-refractivity contribution in [2.24, 2.45) is 0 Å². The predicted molar refractivity (Wildman–Crippen MR) is 83.9 cm³/mol. The summed E-state index contributed by atoms with van der Waals surface area (Å²) in [7, 11) is 0. The van der Waals surface area contributed by atoms with Gasteiger partial charge in [-0.15, -0.1) is 11.8 Å². The van der Waals surface area contributed by atoms with Gasteiger partial charge >= 0.3 is 0 Å². The number of hydrogen-bond acceptors (Lipinski definition) is 3. The lowest BCUT2D eigenvalue weighted by atomic mass is 9.93. The van der Waals surface area contributed by atoms with Crippen LogP contribution >= 0.6 is 11.8 Å². The zero-order valence-electron chi connectivity index (χ0n) is 12.7. The van der Waals surface area contributed by atoms with Crippen LogP contribution in [-0.2, 0) is 16.0 Å². The molecule has 1 aromatic carbocycles. The van der Waals surface area contributed by atoms with Crippen LogP contribution < -0.4 is 0 Å². The fourth-order valence-electron chi connectivity index (χ4n) is 3.25. The molecule has 6 heteroatoms. The maximum atomic E-state index is 13.3. The molecule has 1 aromatic rings. The summed E-state index contributed by atoms with van der Waals surface area (Å²) >= 11 is 1.61. The quantitative estimate of drug-likeness (QED) is 0.796. The van der Waals surface area contributed by atoms with E-state index in [1.807, 2.05) is 11.8 Å². The van der Waals surface area contributed by atoms with E-state index in [0.717, 1.165) is 11.1 Å². The van der Waals surface area contributed by atoms with E-state index in [1.54, 1.807) is 28.8 Å². The standard InChI is InChI=1S/C16H19FN2O2S/c1-10-14-4-3-13(17)7-12(14)5-6-18(10)16(21)15-8-22-9-19(15)11(2)20/h3-4,7,10,15H,5-6,8-9H2,1-2H3/t10-,15+/m1/s1.